The molecule has 0 bridgehead atoms. The van der Waals surface area contributed by atoms with Gasteiger partial charge in [-0.05, 0) is 16.7 Å². The smallest absolute Gasteiger partial charge is 0.230 e. The Bertz CT molecular complexity index is 1010. The minimum absolute atomic E-state index is 0.0470. The highest BCUT2D eigenvalue weighted by molar-refractivity contribution is 5.15. The van der Waals surface area contributed by atoms with E-state index in [1.807, 2.05) is 91.0 Å². The lowest BCUT2D eigenvalue weighted by atomic mass is 9.93. The molecule has 7 heteroatoms. The zero-order chi connectivity index (χ0) is 24.5. The molecule has 0 spiro atoms. The second-order valence-electron chi connectivity index (χ2n) is 8.56. The fourth-order valence-corrected chi connectivity index (χ4v) is 4.05. The van der Waals surface area contributed by atoms with Crippen molar-refractivity contribution in [3.05, 3.63) is 108 Å². The van der Waals surface area contributed by atoms with Crippen LogP contribution in [0.2, 0.25) is 0 Å². The Labute approximate surface area is 204 Å². The first kappa shape index (κ1) is 25.4. The van der Waals surface area contributed by atoms with Crippen LogP contribution < -0.4 is 0 Å². The average molecular weight is 485 g/mol. The highest BCUT2D eigenvalue weighted by Gasteiger charge is 2.56. The third kappa shape index (κ3) is 6.72. The zero-order valence-electron chi connectivity index (χ0n) is 19.3. The van der Waals surface area contributed by atoms with E-state index >= 15 is 4.39 Å². The SMILES string of the molecule is O[C@@]1(CF)OC(COCc2ccccc2)[C@@H](OCc2ccccc2)C(OCc2ccccc2)C1F. The number of alkyl halides is 2. The first-order chi connectivity index (χ1) is 17.1. The molecular formula is C28H30F2O5. The van der Waals surface area contributed by atoms with Crippen LogP contribution in [0.4, 0.5) is 8.78 Å². The summed E-state index contributed by atoms with van der Waals surface area (Å²) in [7, 11) is 0. The van der Waals surface area contributed by atoms with Gasteiger partial charge in [0.05, 0.1) is 26.4 Å². The van der Waals surface area contributed by atoms with Crippen molar-refractivity contribution in [3.63, 3.8) is 0 Å². The standard InChI is InChI=1S/C28H30F2O5/c29-20-28(31)27(30)26(34-18-23-14-8-3-9-15-23)25(33-17-22-12-6-2-7-13-22)24(35-28)19-32-16-21-10-4-1-5-11-21/h1-15,24-27,31H,16-20H2/t24?,25-,26?,27?,28+/m1/s1. The quantitative estimate of drug-likeness (QED) is 0.425. The molecule has 35 heavy (non-hydrogen) atoms. The molecule has 1 N–H and O–H groups in total. The lowest BCUT2D eigenvalue weighted by Gasteiger charge is -2.46. The van der Waals surface area contributed by atoms with Crippen LogP contribution in [0, 0.1) is 0 Å². The van der Waals surface area contributed by atoms with E-state index in [1.165, 1.54) is 0 Å². The summed E-state index contributed by atoms with van der Waals surface area (Å²) >= 11 is 0. The van der Waals surface area contributed by atoms with E-state index in [0.29, 0.717) is 0 Å². The summed E-state index contributed by atoms with van der Waals surface area (Å²) < 4.78 is 52.7. The molecule has 0 aliphatic carbocycles. The van der Waals surface area contributed by atoms with Crippen molar-refractivity contribution in [2.24, 2.45) is 0 Å². The van der Waals surface area contributed by atoms with Gasteiger partial charge in [-0.15, -0.1) is 0 Å². The summed E-state index contributed by atoms with van der Waals surface area (Å²) in [5.74, 6) is -2.66. The fourth-order valence-electron chi connectivity index (χ4n) is 4.05. The Hall–Kier alpha value is -2.68. The molecule has 0 aromatic heterocycles. The Kier molecular flexibility index (Phi) is 8.95. The van der Waals surface area contributed by atoms with Gasteiger partial charge in [-0.3, -0.25) is 0 Å². The molecule has 1 fully saturated rings. The van der Waals surface area contributed by atoms with Crippen molar-refractivity contribution in [2.45, 2.75) is 50.1 Å². The maximum atomic E-state index is 15.5. The summed E-state index contributed by atoms with van der Waals surface area (Å²) in [6, 6.07) is 28.1. The lowest BCUT2D eigenvalue weighted by molar-refractivity contribution is -0.352. The molecule has 5 atom stereocenters. The highest BCUT2D eigenvalue weighted by Crippen LogP contribution is 2.35. The Morgan fingerprint density at radius 2 is 1.17 bits per heavy atom. The normalized spacial score (nSPS) is 26.5. The molecule has 1 aliphatic heterocycles. The third-order valence-corrected chi connectivity index (χ3v) is 5.92. The van der Waals surface area contributed by atoms with Crippen LogP contribution in [0.1, 0.15) is 16.7 Å². The van der Waals surface area contributed by atoms with E-state index < -0.39 is 36.9 Å². The monoisotopic (exact) mass is 484 g/mol. The summed E-state index contributed by atoms with van der Waals surface area (Å²) in [5.41, 5.74) is 2.62. The molecule has 5 nitrogen and oxygen atoms in total. The molecule has 3 unspecified atom stereocenters. The van der Waals surface area contributed by atoms with Crippen LogP contribution in [-0.4, -0.2) is 48.7 Å². The van der Waals surface area contributed by atoms with E-state index in [4.69, 9.17) is 18.9 Å². The third-order valence-electron chi connectivity index (χ3n) is 5.92. The molecule has 0 radical (unpaired) electrons. The van der Waals surface area contributed by atoms with Gasteiger partial charge < -0.3 is 24.1 Å². The van der Waals surface area contributed by atoms with Crippen molar-refractivity contribution >= 4 is 0 Å². The van der Waals surface area contributed by atoms with Crippen LogP contribution in [-0.2, 0) is 38.8 Å². The number of hydrogen-bond acceptors (Lipinski definition) is 5. The fraction of sp³-hybridized carbons (Fsp3) is 0.357. The van der Waals surface area contributed by atoms with Gasteiger partial charge in [-0.1, -0.05) is 91.0 Å². The second-order valence-corrected chi connectivity index (χ2v) is 8.56. The minimum Gasteiger partial charge on any atom is -0.374 e. The minimum atomic E-state index is -2.66. The van der Waals surface area contributed by atoms with Crippen molar-refractivity contribution < 1.29 is 32.8 Å². The van der Waals surface area contributed by atoms with Crippen molar-refractivity contribution in [3.8, 4) is 0 Å². The van der Waals surface area contributed by atoms with Gasteiger partial charge in [0.25, 0.3) is 0 Å². The molecule has 1 aliphatic rings. The second kappa shape index (κ2) is 12.3. The maximum Gasteiger partial charge on any atom is 0.230 e. The average Bonchev–Trinajstić information content (AvgIpc) is 2.91. The molecule has 4 rings (SSSR count). The first-order valence-electron chi connectivity index (χ1n) is 11.6. The van der Waals surface area contributed by atoms with Gasteiger partial charge in [0.2, 0.25) is 5.79 Å². The predicted molar refractivity (Wildman–Crippen MR) is 127 cm³/mol. The molecule has 0 saturated carbocycles. The number of rotatable bonds is 11. The molecular weight excluding hydrogens is 454 g/mol. The highest BCUT2D eigenvalue weighted by atomic mass is 19.1. The maximum absolute atomic E-state index is 15.5. The van der Waals surface area contributed by atoms with Crippen LogP contribution in [0.3, 0.4) is 0 Å². The lowest BCUT2D eigenvalue weighted by Crippen LogP contribution is -2.66. The number of halogens is 2. The number of ether oxygens (including phenoxy) is 4. The van der Waals surface area contributed by atoms with Crippen molar-refractivity contribution in [2.75, 3.05) is 13.3 Å². The predicted octanol–water partition coefficient (Wildman–Crippen LogP) is 4.77. The number of aliphatic hydroxyl groups is 1. The molecule has 1 heterocycles. The van der Waals surface area contributed by atoms with Crippen LogP contribution in [0.5, 0.6) is 0 Å². The zero-order valence-corrected chi connectivity index (χ0v) is 19.3. The van der Waals surface area contributed by atoms with Crippen molar-refractivity contribution in [1.82, 2.24) is 0 Å². The van der Waals surface area contributed by atoms with E-state index in [2.05, 4.69) is 0 Å². The molecule has 3 aromatic rings. The number of hydrogen-bond donors (Lipinski definition) is 1. The van der Waals surface area contributed by atoms with Gasteiger partial charge in [0.1, 0.15) is 25.0 Å². The molecule has 186 valence electrons. The van der Waals surface area contributed by atoms with Gasteiger partial charge in [-0.25, -0.2) is 8.78 Å². The molecule has 0 amide bonds. The van der Waals surface area contributed by atoms with Gasteiger partial charge >= 0.3 is 0 Å². The summed E-state index contributed by atoms with van der Waals surface area (Å²) in [6.07, 6.45) is -5.35. The molecule has 3 aromatic carbocycles. The Morgan fingerprint density at radius 3 is 1.66 bits per heavy atom. The van der Waals surface area contributed by atoms with E-state index in [1.54, 1.807) is 0 Å². The van der Waals surface area contributed by atoms with Crippen LogP contribution in [0.25, 0.3) is 0 Å². The first-order valence-corrected chi connectivity index (χ1v) is 11.6. The summed E-state index contributed by atoms with van der Waals surface area (Å²) in [6.45, 7) is -0.976. The summed E-state index contributed by atoms with van der Waals surface area (Å²) in [4.78, 5) is 0. The Morgan fingerprint density at radius 1 is 0.714 bits per heavy atom. The van der Waals surface area contributed by atoms with Gasteiger partial charge in [-0.2, -0.15) is 0 Å². The van der Waals surface area contributed by atoms with Gasteiger partial charge in [0, 0.05) is 0 Å². The van der Waals surface area contributed by atoms with Gasteiger partial charge in [0.15, 0.2) is 6.17 Å². The Balaban J connectivity index is 1.53. The van der Waals surface area contributed by atoms with E-state index in [-0.39, 0.29) is 26.4 Å². The molecule has 1 saturated heterocycles. The van der Waals surface area contributed by atoms with Crippen LogP contribution >= 0.6 is 0 Å². The topological polar surface area (TPSA) is 57.2 Å². The number of benzene rings is 3. The largest absolute Gasteiger partial charge is 0.374 e. The van der Waals surface area contributed by atoms with Crippen LogP contribution in [0.15, 0.2) is 91.0 Å². The summed E-state index contributed by atoms with van der Waals surface area (Å²) in [5, 5.41) is 10.6. The van der Waals surface area contributed by atoms with E-state index in [9.17, 15) is 9.50 Å². The van der Waals surface area contributed by atoms with E-state index in [0.717, 1.165) is 16.7 Å². The van der Waals surface area contributed by atoms with Crippen molar-refractivity contribution in [1.29, 1.82) is 0 Å².